The van der Waals surface area contributed by atoms with E-state index >= 15 is 0 Å². The van der Waals surface area contributed by atoms with Crippen LogP contribution in [0.2, 0.25) is 0 Å². The van der Waals surface area contributed by atoms with Crippen LogP contribution in [0.3, 0.4) is 0 Å². The highest BCUT2D eigenvalue weighted by Crippen LogP contribution is 2.11. The molecule has 0 aliphatic carbocycles. The van der Waals surface area contributed by atoms with E-state index in [2.05, 4.69) is 0 Å². The van der Waals surface area contributed by atoms with Crippen molar-refractivity contribution in [2.24, 2.45) is 5.73 Å². The maximum absolute atomic E-state index is 12.0. The molecule has 1 aromatic carbocycles. The molecule has 0 spiro atoms. The standard InChI is InChI=1S/C13H18N2O2/c14-12(8-10-4-2-1-3-5-10)13(17)15-7-6-11(16)9-15/h1-5,11-12,16H,6-9,14H2/t11-,12-/m0/s1. The number of likely N-dealkylation sites (tertiary alicyclic amines) is 1. The van der Waals surface area contributed by atoms with Gasteiger partial charge in [0.25, 0.3) is 0 Å². The quantitative estimate of drug-likeness (QED) is 0.782. The summed E-state index contributed by atoms with van der Waals surface area (Å²) < 4.78 is 0. The molecule has 0 unspecified atom stereocenters. The minimum absolute atomic E-state index is 0.0644. The molecule has 1 amide bonds. The predicted molar refractivity (Wildman–Crippen MR) is 65.3 cm³/mol. The van der Waals surface area contributed by atoms with E-state index in [4.69, 9.17) is 5.73 Å². The molecule has 0 saturated carbocycles. The lowest BCUT2D eigenvalue weighted by molar-refractivity contribution is -0.131. The zero-order chi connectivity index (χ0) is 12.3. The molecule has 1 aliphatic heterocycles. The molecule has 4 nitrogen and oxygen atoms in total. The van der Waals surface area contributed by atoms with E-state index in [1.807, 2.05) is 30.3 Å². The number of carbonyl (C=O) groups excluding carboxylic acids is 1. The van der Waals surface area contributed by atoms with Gasteiger partial charge in [-0.25, -0.2) is 0 Å². The van der Waals surface area contributed by atoms with E-state index < -0.39 is 6.04 Å². The SMILES string of the molecule is N[C@@H](Cc1ccccc1)C(=O)N1CC[C@H](O)C1. The first-order chi connectivity index (χ1) is 8.16. The molecule has 2 rings (SSSR count). The monoisotopic (exact) mass is 234 g/mol. The van der Waals surface area contributed by atoms with E-state index in [1.165, 1.54) is 0 Å². The Balaban J connectivity index is 1.92. The molecule has 0 bridgehead atoms. The summed E-state index contributed by atoms with van der Waals surface area (Å²) in [5.74, 6) is -0.0644. The van der Waals surface area contributed by atoms with Crippen LogP contribution in [-0.2, 0) is 11.2 Å². The van der Waals surface area contributed by atoms with Crippen LogP contribution in [0.15, 0.2) is 30.3 Å². The second kappa shape index (κ2) is 5.29. The number of aliphatic hydroxyl groups excluding tert-OH is 1. The number of carbonyl (C=O) groups is 1. The first-order valence-corrected chi connectivity index (χ1v) is 5.93. The van der Waals surface area contributed by atoms with Crippen LogP contribution < -0.4 is 5.73 Å². The number of aliphatic hydroxyl groups is 1. The lowest BCUT2D eigenvalue weighted by atomic mass is 10.1. The summed E-state index contributed by atoms with van der Waals surface area (Å²) in [5, 5.41) is 9.39. The molecular weight excluding hydrogens is 216 g/mol. The zero-order valence-electron chi connectivity index (χ0n) is 9.75. The molecule has 1 aliphatic rings. The van der Waals surface area contributed by atoms with Gasteiger partial charge in [0.2, 0.25) is 5.91 Å². The zero-order valence-corrected chi connectivity index (χ0v) is 9.75. The maximum atomic E-state index is 12.0. The Morgan fingerprint density at radius 1 is 1.47 bits per heavy atom. The minimum Gasteiger partial charge on any atom is -0.391 e. The Hall–Kier alpha value is -1.39. The summed E-state index contributed by atoms with van der Waals surface area (Å²) in [7, 11) is 0. The van der Waals surface area contributed by atoms with Crippen molar-refractivity contribution in [3.63, 3.8) is 0 Å². The summed E-state index contributed by atoms with van der Waals surface area (Å²) in [6, 6.07) is 9.23. The molecular formula is C13H18N2O2. The number of benzene rings is 1. The van der Waals surface area contributed by atoms with Crippen molar-refractivity contribution in [3.05, 3.63) is 35.9 Å². The van der Waals surface area contributed by atoms with Gasteiger partial charge in [-0.2, -0.15) is 0 Å². The predicted octanol–water partition coefficient (Wildman–Crippen LogP) is 0.150. The second-order valence-corrected chi connectivity index (χ2v) is 4.52. The molecule has 0 radical (unpaired) electrons. The summed E-state index contributed by atoms with van der Waals surface area (Å²) in [5.41, 5.74) is 6.96. The lowest BCUT2D eigenvalue weighted by Crippen LogP contribution is -2.44. The van der Waals surface area contributed by atoms with Crippen molar-refractivity contribution in [1.82, 2.24) is 4.90 Å². The molecule has 1 fully saturated rings. The van der Waals surface area contributed by atoms with E-state index in [-0.39, 0.29) is 12.0 Å². The Morgan fingerprint density at radius 2 is 2.18 bits per heavy atom. The third-order valence-electron chi connectivity index (χ3n) is 3.09. The van der Waals surface area contributed by atoms with E-state index in [0.717, 1.165) is 5.56 Å². The minimum atomic E-state index is -0.511. The molecule has 2 atom stereocenters. The largest absolute Gasteiger partial charge is 0.391 e. The van der Waals surface area contributed by atoms with Gasteiger partial charge in [-0.05, 0) is 18.4 Å². The smallest absolute Gasteiger partial charge is 0.239 e. The fourth-order valence-corrected chi connectivity index (χ4v) is 2.13. The third kappa shape index (κ3) is 3.05. The fraction of sp³-hybridized carbons (Fsp3) is 0.462. The van der Waals surface area contributed by atoms with Crippen molar-refractivity contribution >= 4 is 5.91 Å². The summed E-state index contributed by atoms with van der Waals surface area (Å²) in [6.07, 6.45) is 0.818. The van der Waals surface area contributed by atoms with Gasteiger partial charge in [-0.1, -0.05) is 30.3 Å². The van der Waals surface area contributed by atoms with Crippen LogP contribution in [0.5, 0.6) is 0 Å². The number of nitrogens with two attached hydrogens (primary N) is 1. The normalized spacial score (nSPS) is 21.5. The molecule has 1 aromatic rings. The molecule has 92 valence electrons. The van der Waals surface area contributed by atoms with Crippen LogP contribution in [0, 0.1) is 0 Å². The van der Waals surface area contributed by atoms with Crippen LogP contribution >= 0.6 is 0 Å². The number of hydrogen-bond donors (Lipinski definition) is 2. The van der Waals surface area contributed by atoms with Crippen molar-refractivity contribution in [2.75, 3.05) is 13.1 Å². The summed E-state index contributed by atoms with van der Waals surface area (Å²) >= 11 is 0. The van der Waals surface area contributed by atoms with Crippen LogP contribution in [-0.4, -0.2) is 41.1 Å². The number of amides is 1. The fourth-order valence-electron chi connectivity index (χ4n) is 2.13. The van der Waals surface area contributed by atoms with Crippen molar-refractivity contribution in [3.8, 4) is 0 Å². The van der Waals surface area contributed by atoms with Gasteiger partial charge in [0.15, 0.2) is 0 Å². The first-order valence-electron chi connectivity index (χ1n) is 5.93. The second-order valence-electron chi connectivity index (χ2n) is 4.52. The highest BCUT2D eigenvalue weighted by molar-refractivity contribution is 5.82. The summed E-state index contributed by atoms with van der Waals surface area (Å²) in [4.78, 5) is 13.6. The van der Waals surface area contributed by atoms with Crippen molar-refractivity contribution in [1.29, 1.82) is 0 Å². The molecule has 1 heterocycles. The average Bonchev–Trinajstić information content (AvgIpc) is 2.76. The number of rotatable bonds is 3. The highest BCUT2D eigenvalue weighted by Gasteiger charge is 2.27. The number of nitrogens with zero attached hydrogens (tertiary/aromatic N) is 1. The maximum Gasteiger partial charge on any atom is 0.239 e. The van der Waals surface area contributed by atoms with Gasteiger partial charge in [-0.3, -0.25) is 4.79 Å². The Kier molecular flexibility index (Phi) is 3.76. The summed E-state index contributed by atoms with van der Waals surface area (Å²) in [6.45, 7) is 1.03. The van der Waals surface area contributed by atoms with E-state index in [0.29, 0.717) is 25.9 Å². The highest BCUT2D eigenvalue weighted by atomic mass is 16.3. The molecule has 17 heavy (non-hydrogen) atoms. The van der Waals surface area contributed by atoms with Gasteiger partial charge < -0.3 is 15.7 Å². The van der Waals surface area contributed by atoms with E-state index in [9.17, 15) is 9.90 Å². The number of β-amino-alcohol motifs (C(OH)–C–C–N with tert-alkyl or cyclic N) is 1. The van der Waals surface area contributed by atoms with Crippen molar-refractivity contribution < 1.29 is 9.90 Å². The van der Waals surface area contributed by atoms with Crippen LogP contribution in [0.25, 0.3) is 0 Å². The van der Waals surface area contributed by atoms with E-state index in [1.54, 1.807) is 4.90 Å². The average molecular weight is 234 g/mol. The third-order valence-corrected chi connectivity index (χ3v) is 3.09. The van der Waals surface area contributed by atoms with Gasteiger partial charge in [-0.15, -0.1) is 0 Å². The van der Waals surface area contributed by atoms with Crippen molar-refractivity contribution in [2.45, 2.75) is 25.0 Å². The van der Waals surface area contributed by atoms with Crippen LogP contribution in [0.4, 0.5) is 0 Å². The molecule has 0 aromatic heterocycles. The van der Waals surface area contributed by atoms with Gasteiger partial charge in [0.1, 0.15) is 0 Å². The lowest BCUT2D eigenvalue weighted by Gasteiger charge is -2.20. The Labute approximate surface area is 101 Å². The van der Waals surface area contributed by atoms with Gasteiger partial charge >= 0.3 is 0 Å². The molecule has 1 saturated heterocycles. The Morgan fingerprint density at radius 3 is 2.76 bits per heavy atom. The van der Waals surface area contributed by atoms with Gasteiger partial charge in [0.05, 0.1) is 12.1 Å². The Bertz CT molecular complexity index is 380. The van der Waals surface area contributed by atoms with Crippen LogP contribution in [0.1, 0.15) is 12.0 Å². The van der Waals surface area contributed by atoms with Gasteiger partial charge in [0, 0.05) is 13.1 Å². The topological polar surface area (TPSA) is 66.6 Å². The first kappa shape index (κ1) is 12.1. The molecule has 4 heteroatoms. The molecule has 3 N–H and O–H groups in total. The number of hydrogen-bond acceptors (Lipinski definition) is 3.